The molecule has 1 N–H and O–H groups in total. The average Bonchev–Trinajstić information content (AvgIpc) is 2.01. The maximum atomic E-state index is 11.6. The van der Waals surface area contributed by atoms with Gasteiger partial charge in [-0.15, -0.1) is 0 Å². The van der Waals surface area contributed by atoms with Gasteiger partial charge in [-0.2, -0.15) is 0 Å². The van der Waals surface area contributed by atoms with Gasteiger partial charge in [0.2, 0.25) is 5.91 Å². The van der Waals surface area contributed by atoms with E-state index < -0.39 is 26.3 Å². The van der Waals surface area contributed by atoms with Crippen molar-refractivity contribution in [3.05, 3.63) is 0 Å². The summed E-state index contributed by atoms with van der Waals surface area (Å²) in [5.41, 5.74) is -0.679. The first-order valence-corrected chi connectivity index (χ1v) is 6.13. The number of hydrogen-bond acceptors (Lipinski definition) is 4. The molecule has 90 valence electrons. The summed E-state index contributed by atoms with van der Waals surface area (Å²) in [6.07, 6.45) is 0.563. The van der Waals surface area contributed by atoms with E-state index in [2.05, 4.69) is 5.32 Å². The van der Waals surface area contributed by atoms with Gasteiger partial charge in [0.25, 0.3) is 0 Å². The van der Waals surface area contributed by atoms with Gasteiger partial charge in [0.05, 0.1) is 0 Å². The predicted octanol–water partition coefficient (Wildman–Crippen LogP) is -2.18. The van der Waals surface area contributed by atoms with Gasteiger partial charge >= 0.3 is 29.6 Å². The molecule has 0 saturated carbocycles. The molecule has 0 fully saturated rings. The molecule has 0 saturated heterocycles. The van der Waals surface area contributed by atoms with Crippen LogP contribution in [0, 0.1) is 5.41 Å². The zero-order valence-corrected chi connectivity index (χ0v) is 13.6. The SMILES string of the molecule is CCC(C)(C)C(=O)NC(C)(C)S(=O)(=O)[O-].[Na+]. The van der Waals surface area contributed by atoms with Crippen LogP contribution in [-0.4, -0.2) is 23.7 Å². The second-order valence-electron chi connectivity index (χ2n) is 4.66. The second-order valence-corrected chi connectivity index (χ2v) is 6.58. The van der Waals surface area contributed by atoms with Gasteiger partial charge in [-0.3, -0.25) is 4.79 Å². The van der Waals surface area contributed by atoms with Crippen LogP contribution in [0.15, 0.2) is 0 Å². The number of carbonyl (C=O) groups is 1. The van der Waals surface area contributed by atoms with Crippen LogP contribution in [0.5, 0.6) is 0 Å². The van der Waals surface area contributed by atoms with Crippen molar-refractivity contribution in [3.8, 4) is 0 Å². The Kier molecular flexibility index (Phi) is 6.81. The van der Waals surface area contributed by atoms with Crippen molar-refractivity contribution >= 4 is 16.0 Å². The van der Waals surface area contributed by atoms with Gasteiger partial charge in [0.15, 0.2) is 0 Å². The van der Waals surface area contributed by atoms with Crippen LogP contribution < -0.4 is 34.9 Å². The fraction of sp³-hybridized carbons (Fsp3) is 0.889. The quantitative estimate of drug-likeness (QED) is 0.459. The number of carbonyl (C=O) groups excluding carboxylic acids is 1. The molecule has 0 aromatic heterocycles. The Balaban J connectivity index is 0. The molecule has 7 heteroatoms. The summed E-state index contributed by atoms with van der Waals surface area (Å²) in [6, 6.07) is 0. The zero-order valence-electron chi connectivity index (χ0n) is 10.7. The molecule has 0 aromatic rings. The van der Waals surface area contributed by atoms with Crippen molar-refractivity contribution in [3.63, 3.8) is 0 Å². The molecule has 0 bridgehead atoms. The summed E-state index contributed by atoms with van der Waals surface area (Å²) in [6.45, 7) is 7.56. The average molecular weight is 259 g/mol. The zero-order chi connectivity index (χ0) is 12.5. The van der Waals surface area contributed by atoms with Gasteiger partial charge in [-0.25, -0.2) is 8.42 Å². The van der Waals surface area contributed by atoms with Crippen molar-refractivity contribution in [2.45, 2.75) is 45.9 Å². The fourth-order valence-electron chi connectivity index (χ4n) is 0.666. The minimum atomic E-state index is -4.55. The summed E-state index contributed by atoms with van der Waals surface area (Å²) in [5.74, 6) is -0.436. The van der Waals surface area contributed by atoms with Crippen LogP contribution in [0.25, 0.3) is 0 Å². The Labute approximate surface area is 119 Å². The third-order valence-electron chi connectivity index (χ3n) is 2.54. The summed E-state index contributed by atoms with van der Waals surface area (Å²) >= 11 is 0. The van der Waals surface area contributed by atoms with Crippen molar-refractivity contribution in [1.82, 2.24) is 5.32 Å². The molecule has 0 spiro atoms. The van der Waals surface area contributed by atoms with Crippen LogP contribution in [-0.2, 0) is 14.9 Å². The van der Waals surface area contributed by atoms with Crippen LogP contribution in [0.3, 0.4) is 0 Å². The minimum absolute atomic E-state index is 0. The minimum Gasteiger partial charge on any atom is -0.746 e. The molecule has 0 atom stereocenters. The molecular formula is C9H18NNaO4S. The van der Waals surface area contributed by atoms with E-state index in [0.29, 0.717) is 6.42 Å². The Morgan fingerprint density at radius 1 is 1.25 bits per heavy atom. The largest absolute Gasteiger partial charge is 1.00 e. The first-order valence-electron chi connectivity index (χ1n) is 4.72. The summed E-state index contributed by atoms with van der Waals surface area (Å²) in [7, 11) is -4.55. The molecule has 1 amide bonds. The number of hydrogen-bond donors (Lipinski definition) is 1. The first-order chi connectivity index (χ1) is 6.44. The maximum Gasteiger partial charge on any atom is 1.00 e. The van der Waals surface area contributed by atoms with Crippen LogP contribution in [0.1, 0.15) is 41.0 Å². The van der Waals surface area contributed by atoms with Crippen molar-refractivity contribution in [1.29, 1.82) is 0 Å². The second kappa shape index (κ2) is 5.82. The van der Waals surface area contributed by atoms with E-state index in [1.165, 1.54) is 13.8 Å². The van der Waals surface area contributed by atoms with Gasteiger partial charge in [-0.1, -0.05) is 20.8 Å². The third kappa shape index (κ3) is 4.71. The van der Waals surface area contributed by atoms with E-state index in [1.54, 1.807) is 13.8 Å². The molecule has 0 unspecified atom stereocenters. The monoisotopic (exact) mass is 259 g/mol. The maximum absolute atomic E-state index is 11.6. The van der Waals surface area contributed by atoms with E-state index in [9.17, 15) is 17.8 Å². The summed E-state index contributed by atoms with van der Waals surface area (Å²) < 4.78 is 32.5. The normalized spacial score (nSPS) is 12.9. The smallest absolute Gasteiger partial charge is 0.746 e. The first kappa shape index (κ1) is 18.7. The molecule has 5 nitrogen and oxygen atoms in total. The summed E-state index contributed by atoms with van der Waals surface area (Å²) in [5, 5.41) is 2.25. The molecule has 0 rings (SSSR count). The molecule has 0 heterocycles. The van der Waals surface area contributed by atoms with Gasteiger partial charge < -0.3 is 9.87 Å². The fourth-order valence-corrected chi connectivity index (χ4v) is 0.883. The van der Waals surface area contributed by atoms with E-state index >= 15 is 0 Å². The standard InChI is InChI=1S/C9H19NO4S.Na/c1-6-8(2,3)7(11)10-9(4,5)15(12,13)14;/h6H2,1-5H3,(H,10,11)(H,12,13,14);/q;+1/p-1. The Morgan fingerprint density at radius 2 is 1.62 bits per heavy atom. The van der Waals surface area contributed by atoms with Crippen LogP contribution in [0.4, 0.5) is 0 Å². The molecule has 0 aliphatic heterocycles. The van der Waals surface area contributed by atoms with Crippen LogP contribution in [0.2, 0.25) is 0 Å². The number of nitrogens with one attached hydrogen (secondary N) is 1. The molecule has 0 aromatic carbocycles. The van der Waals surface area contributed by atoms with Gasteiger partial charge in [0.1, 0.15) is 15.0 Å². The number of rotatable bonds is 4. The van der Waals surface area contributed by atoms with Crippen molar-refractivity contribution < 1.29 is 47.3 Å². The Morgan fingerprint density at radius 3 is 1.88 bits per heavy atom. The van der Waals surface area contributed by atoms with Crippen LogP contribution >= 0.6 is 0 Å². The van der Waals surface area contributed by atoms with E-state index in [4.69, 9.17) is 0 Å². The topological polar surface area (TPSA) is 86.3 Å². The van der Waals surface area contributed by atoms with Crippen molar-refractivity contribution in [2.24, 2.45) is 5.41 Å². The molecule has 0 aliphatic rings. The van der Waals surface area contributed by atoms with E-state index in [-0.39, 0.29) is 29.6 Å². The molecular weight excluding hydrogens is 241 g/mol. The molecule has 0 radical (unpaired) electrons. The third-order valence-corrected chi connectivity index (χ3v) is 3.89. The van der Waals surface area contributed by atoms with Gasteiger partial charge in [0, 0.05) is 5.41 Å². The van der Waals surface area contributed by atoms with E-state index in [1.807, 2.05) is 6.92 Å². The number of amides is 1. The van der Waals surface area contributed by atoms with Gasteiger partial charge in [-0.05, 0) is 20.3 Å². The molecule has 0 aliphatic carbocycles. The predicted molar refractivity (Wildman–Crippen MR) is 56.0 cm³/mol. The van der Waals surface area contributed by atoms with Crippen molar-refractivity contribution in [2.75, 3.05) is 0 Å². The Hall–Kier alpha value is 0.380. The van der Waals surface area contributed by atoms with E-state index in [0.717, 1.165) is 0 Å². The molecule has 16 heavy (non-hydrogen) atoms. The Bertz CT molecular complexity index is 349. The summed E-state index contributed by atoms with van der Waals surface area (Å²) in [4.78, 5) is 9.88.